The molecule has 0 saturated heterocycles. The predicted octanol–water partition coefficient (Wildman–Crippen LogP) is 2.34. The SMILES string of the molecule is CS(=O)(=O)c1ccc(-n2nc(-c3cnc4[nH]ccc4c3)c3c(N)ncnc32)cc1. The van der Waals surface area contributed by atoms with Gasteiger partial charge < -0.3 is 10.7 Å². The number of hydrogen-bond donors (Lipinski definition) is 2. The average molecular weight is 405 g/mol. The molecule has 5 rings (SSSR count). The maximum absolute atomic E-state index is 11.7. The van der Waals surface area contributed by atoms with E-state index in [9.17, 15) is 8.42 Å². The lowest BCUT2D eigenvalue weighted by Crippen LogP contribution is -2.01. The number of benzene rings is 1. The van der Waals surface area contributed by atoms with Gasteiger partial charge in [0.05, 0.1) is 16.0 Å². The number of fused-ring (bicyclic) bond motifs is 2. The highest BCUT2D eigenvalue weighted by molar-refractivity contribution is 7.90. The van der Waals surface area contributed by atoms with E-state index in [1.165, 1.54) is 24.7 Å². The van der Waals surface area contributed by atoms with E-state index in [-0.39, 0.29) is 4.90 Å². The van der Waals surface area contributed by atoms with Gasteiger partial charge in [0.15, 0.2) is 15.5 Å². The molecule has 0 radical (unpaired) electrons. The van der Waals surface area contributed by atoms with Crippen molar-refractivity contribution in [3.8, 4) is 16.9 Å². The third-order valence-corrected chi connectivity index (χ3v) is 5.81. The first-order valence-corrected chi connectivity index (χ1v) is 10.5. The zero-order valence-electron chi connectivity index (χ0n) is 15.2. The van der Waals surface area contributed by atoms with Crippen LogP contribution in [0.1, 0.15) is 0 Å². The van der Waals surface area contributed by atoms with Crippen molar-refractivity contribution in [2.24, 2.45) is 0 Å². The summed E-state index contributed by atoms with van der Waals surface area (Å²) >= 11 is 0. The smallest absolute Gasteiger partial charge is 0.175 e. The van der Waals surface area contributed by atoms with E-state index in [1.54, 1.807) is 23.0 Å². The van der Waals surface area contributed by atoms with Gasteiger partial charge in [-0.15, -0.1) is 0 Å². The Hall–Kier alpha value is -3.79. The molecule has 10 heteroatoms. The normalized spacial score (nSPS) is 12.0. The number of nitrogens with zero attached hydrogens (tertiary/aromatic N) is 5. The summed E-state index contributed by atoms with van der Waals surface area (Å²) in [6, 6.07) is 10.3. The molecule has 0 aliphatic carbocycles. The van der Waals surface area contributed by atoms with Crippen molar-refractivity contribution < 1.29 is 8.42 Å². The van der Waals surface area contributed by atoms with E-state index >= 15 is 0 Å². The third-order valence-electron chi connectivity index (χ3n) is 4.68. The molecule has 0 spiro atoms. The number of nitrogens with one attached hydrogen (secondary N) is 1. The fourth-order valence-corrected chi connectivity index (χ4v) is 3.89. The summed E-state index contributed by atoms with van der Waals surface area (Å²) in [6.45, 7) is 0. The lowest BCUT2D eigenvalue weighted by Gasteiger charge is -2.04. The van der Waals surface area contributed by atoms with Crippen LogP contribution in [0, 0.1) is 0 Å². The first kappa shape index (κ1) is 17.3. The Balaban J connectivity index is 1.74. The van der Waals surface area contributed by atoms with Gasteiger partial charge in [-0.1, -0.05) is 0 Å². The van der Waals surface area contributed by atoms with Gasteiger partial charge >= 0.3 is 0 Å². The van der Waals surface area contributed by atoms with Crippen LogP contribution in [0.25, 0.3) is 39.0 Å². The number of sulfone groups is 1. The first-order valence-electron chi connectivity index (χ1n) is 8.65. The monoisotopic (exact) mass is 405 g/mol. The molecule has 0 bridgehead atoms. The Kier molecular flexibility index (Phi) is 3.65. The fourth-order valence-electron chi connectivity index (χ4n) is 3.26. The molecule has 144 valence electrons. The van der Waals surface area contributed by atoms with Gasteiger partial charge in [0.25, 0.3) is 0 Å². The van der Waals surface area contributed by atoms with Crippen molar-refractivity contribution in [2.75, 3.05) is 12.0 Å². The molecule has 3 N–H and O–H groups in total. The number of nitrogens with two attached hydrogens (primary N) is 1. The summed E-state index contributed by atoms with van der Waals surface area (Å²) in [5, 5.41) is 6.26. The van der Waals surface area contributed by atoms with Gasteiger partial charge in [-0.3, -0.25) is 0 Å². The lowest BCUT2D eigenvalue weighted by atomic mass is 10.1. The molecule has 9 nitrogen and oxygen atoms in total. The maximum atomic E-state index is 11.7. The minimum absolute atomic E-state index is 0.231. The largest absolute Gasteiger partial charge is 0.383 e. The molecule has 0 aliphatic heterocycles. The molecule has 1 aromatic carbocycles. The summed E-state index contributed by atoms with van der Waals surface area (Å²) in [5.74, 6) is 0.304. The van der Waals surface area contributed by atoms with Gasteiger partial charge in [-0.2, -0.15) is 5.10 Å². The van der Waals surface area contributed by atoms with Crippen LogP contribution in [0.4, 0.5) is 5.82 Å². The Morgan fingerprint density at radius 1 is 1.07 bits per heavy atom. The van der Waals surface area contributed by atoms with Crippen LogP contribution in [-0.4, -0.2) is 44.4 Å². The van der Waals surface area contributed by atoms with Gasteiger partial charge in [-0.05, 0) is 36.4 Å². The first-order chi connectivity index (χ1) is 13.9. The standard InChI is InChI=1S/C19H15N7O2S/c1-29(27,28)14-4-2-13(3-5-14)26-19-15(17(20)23-10-24-19)16(25-26)12-8-11-6-7-21-18(11)22-9-12/h2-10H,1H3,(H,21,22)(H2,20,23,24). The van der Waals surface area contributed by atoms with E-state index in [1.807, 2.05) is 18.3 Å². The molecule has 0 fully saturated rings. The summed E-state index contributed by atoms with van der Waals surface area (Å²) < 4.78 is 25.1. The predicted molar refractivity (Wildman–Crippen MR) is 109 cm³/mol. The van der Waals surface area contributed by atoms with Crippen LogP contribution in [0.5, 0.6) is 0 Å². The molecule has 0 unspecified atom stereocenters. The molecule has 0 atom stereocenters. The van der Waals surface area contributed by atoms with Crippen LogP contribution in [0.3, 0.4) is 0 Å². The van der Waals surface area contributed by atoms with Crippen molar-refractivity contribution in [3.05, 3.63) is 55.1 Å². The van der Waals surface area contributed by atoms with Crippen LogP contribution in [-0.2, 0) is 9.84 Å². The Labute approximate surface area is 165 Å². The van der Waals surface area contributed by atoms with Gasteiger partial charge in [-0.25, -0.2) is 28.1 Å². The maximum Gasteiger partial charge on any atom is 0.175 e. The topological polar surface area (TPSA) is 132 Å². The Bertz CT molecular complexity index is 1480. The van der Waals surface area contributed by atoms with Gasteiger partial charge in [0, 0.05) is 29.6 Å². The minimum atomic E-state index is -3.29. The van der Waals surface area contributed by atoms with Crippen LogP contribution < -0.4 is 5.73 Å². The molecular weight excluding hydrogens is 390 g/mol. The fraction of sp³-hybridized carbons (Fsp3) is 0.0526. The van der Waals surface area contributed by atoms with Crippen molar-refractivity contribution >= 4 is 37.7 Å². The van der Waals surface area contributed by atoms with E-state index in [2.05, 4.69) is 19.9 Å². The summed E-state index contributed by atoms with van der Waals surface area (Å²) in [5.41, 5.74) is 9.47. The van der Waals surface area contributed by atoms with Crippen molar-refractivity contribution in [3.63, 3.8) is 0 Å². The summed E-state index contributed by atoms with van der Waals surface area (Å²) in [6.07, 6.45) is 6.07. The van der Waals surface area contributed by atoms with E-state index in [4.69, 9.17) is 10.8 Å². The van der Waals surface area contributed by atoms with Crippen LogP contribution in [0.2, 0.25) is 0 Å². The van der Waals surface area contributed by atoms with Crippen LogP contribution >= 0.6 is 0 Å². The molecule has 4 heterocycles. The Morgan fingerprint density at radius 3 is 2.62 bits per heavy atom. The minimum Gasteiger partial charge on any atom is -0.383 e. The highest BCUT2D eigenvalue weighted by Crippen LogP contribution is 2.32. The number of aromatic amines is 1. The van der Waals surface area contributed by atoms with E-state index in [0.717, 1.165) is 16.6 Å². The second kappa shape index (κ2) is 6.11. The third kappa shape index (κ3) is 2.81. The number of pyridine rings is 1. The zero-order chi connectivity index (χ0) is 20.2. The van der Waals surface area contributed by atoms with Gasteiger partial charge in [0.2, 0.25) is 0 Å². The lowest BCUT2D eigenvalue weighted by molar-refractivity contribution is 0.602. The quantitative estimate of drug-likeness (QED) is 0.471. The number of H-pyrrole nitrogens is 1. The highest BCUT2D eigenvalue weighted by atomic mass is 32.2. The second-order valence-corrected chi connectivity index (χ2v) is 8.64. The number of nitrogen functional groups attached to an aromatic ring is 1. The van der Waals surface area contributed by atoms with E-state index < -0.39 is 9.84 Å². The van der Waals surface area contributed by atoms with Crippen molar-refractivity contribution in [1.82, 2.24) is 29.7 Å². The second-order valence-electron chi connectivity index (χ2n) is 6.62. The van der Waals surface area contributed by atoms with Crippen molar-refractivity contribution in [1.29, 1.82) is 0 Å². The van der Waals surface area contributed by atoms with Crippen molar-refractivity contribution in [2.45, 2.75) is 4.90 Å². The molecule has 0 amide bonds. The molecule has 29 heavy (non-hydrogen) atoms. The number of hydrogen-bond acceptors (Lipinski definition) is 7. The zero-order valence-corrected chi connectivity index (χ0v) is 16.1. The highest BCUT2D eigenvalue weighted by Gasteiger charge is 2.19. The number of rotatable bonds is 3. The molecular formula is C19H15N7O2S. The molecule has 4 aromatic heterocycles. The average Bonchev–Trinajstić information content (AvgIpc) is 3.32. The Morgan fingerprint density at radius 2 is 1.86 bits per heavy atom. The number of aromatic nitrogens is 6. The molecule has 0 saturated carbocycles. The summed E-state index contributed by atoms with van der Waals surface area (Å²) in [4.78, 5) is 16.2. The molecule has 0 aliphatic rings. The summed E-state index contributed by atoms with van der Waals surface area (Å²) in [7, 11) is -3.29. The molecule has 5 aromatic rings. The number of anilines is 1. The van der Waals surface area contributed by atoms with Gasteiger partial charge in [0.1, 0.15) is 23.5 Å². The van der Waals surface area contributed by atoms with E-state index in [0.29, 0.717) is 28.2 Å². The van der Waals surface area contributed by atoms with Crippen LogP contribution in [0.15, 0.2) is 60.0 Å².